The summed E-state index contributed by atoms with van der Waals surface area (Å²) in [6, 6.07) is 13.0. The van der Waals surface area contributed by atoms with Crippen molar-refractivity contribution >= 4 is 29.3 Å². The molecule has 2 aromatic rings. The van der Waals surface area contributed by atoms with E-state index in [4.69, 9.17) is 28.5 Å². The lowest BCUT2D eigenvalue weighted by molar-refractivity contribution is -0.129. The molecule has 0 unspecified atom stereocenters. The van der Waals surface area contributed by atoms with Crippen molar-refractivity contribution in [3.8, 4) is 0 Å². The van der Waals surface area contributed by atoms with E-state index in [9.17, 15) is 9.59 Å². The smallest absolute Gasteiger partial charge is 0.242 e. The Kier molecular flexibility index (Phi) is 8.18. The van der Waals surface area contributed by atoms with Gasteiger partial charge in [-0.2, -0.15) is 0 Å². The highest BCUT2D eigenvalue weighted by molar-refractivity contribution is 6.30. The van der Waals surface area contributed by atoms with Gasteiger partial charge in [-0.25, -0.2) is 0 Å². The minimum absolute atomic E-state index is 0.0105. The molecule has 7 nitrogen and oxygen atoms in total. The predicted molar refractivity (Wildman–Crippen MR) is 115 cm³/mol. The summed E-state index contributed by atoms with van der Waals surface area (Å²) >= 11 is 5.95. The van der Waals surface area contributed by atoms with E-state index in [1.807, 2.05) is 18.2 Å². The largest absolute Gasteiger partial charge is 0.384 e. The molecule has 29 heavy (non-hydrogen) atoms. The summed E-state index contributed by atoms with van der Waals surface area (Å²) in [5.41, 5.74) is 13.8. The molecule has 0 radical (unpaired) electrons. The number of carbonyl (C=O) groups excluding carboxylic acids is 2. The highest BCUT2D eigenvalue weighted by Crippen LogP contribution is 2.12. The number of hydrogen-bond acceptors (Lipinski definition) is 4. The van der Waals surface area contributed by atoms with Gasteiger partial charge in [-0.15, -0.1) is 0 Å². The van der Waals surface area contributed by atoms with E-state index in [2.05, 4.69) is 10.6 Å². The number of nitrogens with one attached hydrogen (secondary N) is 3. The molecule has 0 spiro atoms. The van der Waals surface area contributed by atoms with Crippen molar-refractivity contribution in [2.24, 2.45) is 11.5 Å². The quantitative estimate of drug-likeness (QED) is 0.314. The van der Waals surface area contributed by atoms with Crippen LogP contribution in [-0.4, -0.2) is 29.7 Å². The second-order valence-corrected chi connectivity index (χ2v) is 7.27. The third kappa shape index (κ3) is 7.21. The molecule has 154 valence electrons. The van der Waals surface area contributed by atoms with E-state index in [1.165, 1.54) is 0 Å². The average molecular weight is 416 g/mol. The number of nitrogens with two attached hydrogens (primary N) is 2. The van der Waals surface area contributed by atoms with Gasteiger partial charge in [0.25, 0.3) is 0 Å². The first-order chi connectivity index (χ1) is 13.8. The fraction of sp³-hybridized carbons (Fsp3) is 0.286. The number of aryl methyl sites for hydroxylation is 1. The molecule has 0 aliphatic heterocycles. The van der Waals surface area contributed by atoms with E-state index in [0.29, 0.717) is 30.0 Å². The Morgan fingerprint density at radius 2 is 1.79 bits per heavy atom. The predicted octanol–water partition coefficient (Wildman–Crippen LogP) is 1.71. The molecule has 0 aromatic heterocycles. The van der Waals surface area contributed by atoms with Crippen molar-refractivity contribution in [1.82, 2.24) is 10.6 Å². The Morgan fingerprint density at radius 1 is 1.10 bits per heavy atom. The van der Waals surface area contributed by atoms with Crippen LogP contribution in [0.3, 0.4) is 0 Å². The first-order valence-electron chi connectivity index (χ1n) is 9.27. The maximum absolute atomic E-state index is 12.2. The molecule has 0 bridgehead atoms. The zero-order chi connectivity index (χ0) is 21.4. The number of carbonyl (C=O) groups is 2. The van der Waals surface area contributed by atoms with Crippen molar-refractivity contribution in [2.75, 3.05) is 0 Å². The summed E-state index contributed by atoms with van der Waals surface area (Å²) in [4.78, 5) is 24.5. The zero-order valence-corrected chi connectivity index (χ0v) is 17.0. The van der Waals surface area contributed by atoms with Crippen LogP contribution in [0.2, 0.25) is 5.02 Å². The van der Waals surface area contributed by atoms with Crippen molar-refractivity contribution in [1.29, 1.82) is 5.41 Å². The summed E-state index contributed by atoms with van der Waals surface area (Å²) in [6.07, 6.45) is 1.06. The first-order valence-corrected chi connectivity index (χ1v) is 9.65. The first kappa shape index (κ1) is 22.4. The minimum Gasteiger partial charge on any atom is -0.384 e. The van der Waals surface area contributed by atoms with Crippen LogP contribution in [0.1, 0.15) is 30.0 Å². The molecule has 7 N–H and O–H groups in total. The van der Waals surface area contributed by atoms with E-state index in [0.717, 1.165) is 11.1 Å². The number of hydrogen-bond donors (Lipinski definition) is 5. The van der Waals surface area contributed by atoms with Crippen LogP contribution in [0.4, 0.5) is 0 Å². The molecule has 0 aliphatic carbocycles. The van der Waals surface area contributed by atoms with Gasteiger partial charge in [0.2, 0.25) is 11.8 Å². The van der Waals surface area contributed by atoms with Crippen LogP contribution >= 0.6 is 11.6 Å². The molecule has 2 rings (SSSR count). The highest BCUT2D eigenvalue weighted by Gasteiger charge is 2.19. The van der Waals surface area contributed by atoms with Crippen molar-refractivity contribution < 1.29 is 9.59 Å². The summed E-state index contributed by atoms with van der Waals surface area (Å²) in [5, 5.41) is 13.4. The minimum atomic E-state index is -0.719. The zero-order valence-electron chi connectivity index (χ0n) is 16.2. The maximum Gasteiger partial charge on any atom is 0.242 e. The Labute approximate surface area is 175 Å². The third-order valence-corrected chi connectivity index (χ3v) is 4.69. The Hall–Kier alpha value is -2.90. The van der Waals surface area contributed by atoms with Gasteiger partial charge < -0.3 is 22.1 Å². The SMILES string of the molecule is C[C@H](NC(=O)[C@H](N)CCc1cccc(Cl)c1)C(=O)NCc1ccc(C(=N)N)cc1. The molecular weight excluding hydrogens is 390 g/mol. The van der Waals surface area contributed by atoms with E-state index >= 15 is 0 Å². The Balaban J connectivity index is 1.77. The lowest BCUT2D eigenvalue weighted by atomic mass is 10.0. The molecule has 0 fully saturated rings. The monoisotopic (exact) mass is 415 g/mol. The number of rotatable bonds is 9. The average Bonchev–Trinajstić information content (AvgIpc) is 2.70. The molecule has 0 heterocycles. The van der Waals surface area contributed by atoms with Gasteiger partial charge >= 0.3 is 0 Å². The van der Waals surface area contributed by atoms with Crippen LogP contribution in [0.25, 0.3) is 0 Å². The van der Waals surface area contributed by atoms with Crippen LogP contribution < -0.4 is 22.1 Å². The number of amidine groups is 1. The maximum atomic E-state index is 12.2. The van der Waals surface area contributed by atoms with Crippen LogP contribution in [0.15, 0.2) is 48.5 Å². The number of nitrogen functional groups attached to an aromatic ring is 1. The van der Waals surface area contributed by atoms with E-state index < -0.39 is 12.1 Å². The fourth-order valence-electron chi connectivity index (χ4n) is 2.68. The second kappa shape index (κ2) is 10.6. The summed E-state index contributed by atoms with van der Waals surface area (Å²) < 4.78 is 0. The molecule has 0 saturated heterocycles. The normalized spacial score (nSPS) is 12.7. The van der Waals surface area contributed by atoms with Gasteiger partial charge in [-0.3, -0.25) is 15.0 Å². The fourth-order valence-corrected chi connectivity index (χ4v) is 2.89. The van der Waals surface area contributed by atoms with Gasteiger partial charge in [0.05, 0.1) is 6.04 Å². The second-order valence-electron chi connectivity index (χ2n) is 6.83. The molecule has 2 aromatic carbocycles. The van der Waals surface area contributed by atoms with E-state index in [-0.39, 0.29) is 17.6 Å². The van der Waals surface area contributed by atoms with Crippen molar-refractivity contribution in [2.45, 2.75) is 38.4 Å². The van der Waals surface area contributed by atoms with Gasteiger partial charge in [0.1, 0.15) is 11.9 Å². The molecule has 2 atom stereocenters. The lowest BCUT2D eigenvalue weighted by Gasteiger charge is -2.17. The Morgan fingerprint density at radius 3 is 2.41 bits per heavy atom. The van der Waals surface area contributed by atoms with Crippen LogP contribution in [0.5, 0.6) is 0 Å². The van der Waals surface area contributed by atoms with Gasteiger partial charge in [-0.05, 0) is 43.0 Å². The Bertz CT molecular complexity index is 870. The molecule has 8 heteroatoms. The standard InChI is InChI=1S/C21H26ClN5O2/c1-13(20(28)26-12-15-5-8-16(9-6-15)19(24)25)27-21(29)18(23)10-7-14-3-2-4-17(22)11-14/h2-6,8-9,11,13,18H,7,10,12,23H2,1H3,(H3,24,25)(H,26,28)(H,27,29)/t13-,18+/m0/s1. The molecule has 2 amide bonds. The molecule has 0 aliphatic rings. The van der Waals surface area contributed by atoms with Gasteiger partial charge in [0, 0.05) is 17.1 Å². The molecular formula is C21H26ClN5O2. The summed E-state index contributed by atoms with van der Waals surface area (Å²) in [5.74, 6) is -0.694. The van der Waals surface area contributed by atoms with Gasteiger partial charge in [-0.1, -0.05) is 48.0 Å². The summed E-state index contributed by atoms with van der Waals surface area (Å²) in [6.45, 7) is 1.91. The van der Waals surface area contributed by atoms with E-state index in [1.54, 1.807) is 37.3 Å². The molecule has 0 saturated carbocycles. The number of halogens is 1. The third-order valence-electron chi connectivity index (χ3n) is 4.45. The highest BCUT2D eigenvalue weighted by atomic mass is 35.5. The lowest BCUT2D eigenvalue weighted by Crippen LogP contribution is -2.50. The number of benzene rings is 2. The van der Waals surface area contributed by atoms with Crippen LogP contribution in [0, 0.1) is 5.41 Å². The van der Waals surface area contributed by atoms with Crippen molar-refractivity contribution in [3.63, 3.8) is 0 Å². The topological polar surface area (TPSA) is 134 Å². The summed E-state index contributed by atoms with van der Waals surface area (Å²) in [7, 11) is 0. The number of amides is 2. The van der Waals surface area contributed by atoms with Crippen LogP contribution in [-0.2, 0) is 22.6 Å². The van der Waals surface area contributed by atoms with Crippen molar-refractivity contribution in [3.05, 3.63) is 70.2 Å². The van der Waals surface area contributed by atoms with Gasteiger partial charge in [0.15, 0.2) is 0 Å².